The molecule has 0 radical (unpaired) electrons. The fourth-order valence-electron chi connectivity index (χ4n) is 6.97. The SMILES string of the molecule is CCCCCCCCCCCCCCCCCCOC(=O)C(C)(C)CSCC(=O)OCCOC(=O)C(C)(C)CC(CC)C1CCCCC1. The van der Waals surface area contributed by atoms with Crippen LogP contribution >= 0.6 is 11.8 Å². The van der Waals surface area contributed by atoms with E-state index < -0.39 is 10.8 Å². The minimum atomic E-state index is -0.672. The molecule has 0 aromatic carbocycles. The lowest BCUT2D eigenvalue weighted by atomic mass is 9.71. The number of esters is 3. The van der Waals surface area contributed by atoms with Gasteiger partial charge in [0.1, 0.15) is 13.2 Å². The standard InChI is InChI=1S/C41H76O6S/c1-7-9-10-11-12-13-14-15-16-17-18-19-20-21-22-26-29-46-39(44)41(5,6)34-48-33-37(42)45-30-31-47-38(43)40(3,4)32-35(8-2)36-27-24-23-25-28-36/h35-36H,7-34H2,1-6H3. The highest BCUT2D eigenvalue weighted by Gasteiger charge is 2.35. The minimum absolute atomic E-state index is 0.0474. The number of thioether (sulfide) groups is 1. The van der Waals surface area contributed by atoms with Gasteiger partial charge in [-0.05, 0) is 52.4 Å². The highest BCUT2D eigenvalue weighted by Crippen LogP contribution is 2.39. The quantitative estimate of drug-likeness (QED) is 0.0420. The Morgan fingerprint density at radius 3 is 1.58 bits per heavy atom. The predicted molar refractivity (Wildman–Crippen MR) is 202 cm³/mol. The van der Waals surface area contributed by atoms with E-state index in [4.69, 9.17) is 14.2 Å². The van der Waals surface area contributed by atoms with Crippen LogP contribution < -0.4 is 0 Å². The average molecular weight is 697 g/mol. The highest BCUT2D eigenvalue weighted by atomic mass is 32.2. The molecule has 7 heteroatoms. The van der Waals surface area contributed by atoms with Crippen LogP contribution in [0, 0.1) is 22.7 Å². The lowest BCUT2D eigenvalue weighted by Crippen LogP contribution is -2.32. The maximum absolute atomic E-state index is 12.8. The van der Waals surface area contributed by atoms with Gasteiger partial charge in [0, 0.05) is 5.75 Å². The van der Waals surface area contributed by atoms with Crippen molar-refractivity contribution in [1.29, 1.82) is 0 Å². The zero-order valence-electron chi connectivity index (χ0n) is 32.3. The Hall–Kier alpha value is -1.24. The molecule has 48 heavy (non-hydrogen) atoms. The third-order valence-corrected chi connectivity index (χ3v) is 11.6. The third-order valence-electron chi connectivity index (χ3n) is 10.2. The van der Waals surface area contributed by atoms with Gasteiger partial charge < -0.3 is 14.2 Å². The van der Waals surface area contributed by atoms with Gasteiger partial charge in [-0.3, -0.25) is 14.4 Å². The van der Waals surface area contributed by atoms with Gasteiger partial charge in [0.25, 0.3) is 0 Å². The number of carbonyl (C=O) groups is 3. The second-order valence-electron chi connectivity index (χ2n) is 15.8. The Bertz CT molecular complexity index is 835. The van der Waals surface area contributed by atoms with Crippen LogP contribution in [0.3, 0.4) is 0 Å². The summed E-state index contributed by atoms with van der Waals surface area (Å²) in [7, 11) is 0. The Morgan fingerprint density at radius 2 is 1.06 bits per heavy atom. The van der Waals surface area contributed by atoms with Crippen molar-refractivity contribution in [2.24, 2.45) is 22.7 Å². The highest BCUT2D eigenvalue weighted by molar-refractivity contribution is 7.99. The van der Waals surface area contributed by atoms with Crippen molar-refractivity contribution >= 4 is 29.7 Å². The molecule has 1 aliphatic carbocycles. The van der Waals surface area contributed by atoms with Crippen molar-refractivity contribution in [3.05, 3.63) is 0 Å². The summed E-state index contributed by atoms with van der Waals surface area (Å²) in [6, 6.07) is 0. The summed E-state index contributed by atoms with van der Waals surface area (Å²) >= 11 is 1.37. The second-order valence-corrected chi connectivity index (χ2v) is 16.8. The summed E-state index contributed by atoms with van der Waals surface area (Å²) in [6.07, 6.45) is 29.5. The fraction of sp³-hybridized carbons (Fsp3) is 0.927. The van der Waals surface area contributed by atoms with Crippen LogP contribution in [0.4, 0.5) is 0 Å². The molecule has 0 heterocycles. The van der Waals surface area contributed by atoms with Crippen molar-refractivity contribution in [3.63, 3.8) is 0 Å². The van der Waals surface area contributed by atoms with E-state index in [1.54, 1.807) is 0 Å². The summed E-state index contributed by atoms with van der Waals surface area (Å²) in [5.41, 5.74) is -1.22. The number of unbranched alkanes of at least 4 members (excludes halogenated alkanes) is 15. The average Bonchev–Trinajstić information content (AvgIpc) is 3.07. The number of hydrogen-bond donors (Lipinski definition) is 0. The first-order valence-corrected chi connectivity index (χ1v) is 21.3. The normalized spacial score (nSPS) is 14.9. The molecular weight excluding hydrogens is 621 g/mol. The van der Waals surface area contributed by atoms with E-state index in [1.165, 1.54) is 134 Å². The van der Waals surface area contributed by atoms with E-state index in [9.17, 15) is 14.4 Å². The second kappa shape index (κ2) is 27.5. The van der Waals surface area contributed by atoms with Crippen LogP contribution in [0.2, 0.25) is 0 Å². The van der Waals surface area contributed by atoms with Gasteiger partial charge in [-0.1, -0.05) is 149 Å². The predicted octanol–water partition coefficient (Wildman–Crippen LogP) is 11.7. The van der Waals surface area contributed by atoms with Crippen molar-refractivity contribution in [1.82, 2.24) is 0 Å². The molecule has 1 rings (SSSR count). The summed E-state index contributed by atoms with van der Waals surface area (Å²) < 4.78 is 16.4. The molecule has 6 nitrogen and oxygen atoms in total. The van der Waals surface area contributed by atoms with Gasteiger partial charge in [0.15, 0.2) is 0 Å². The number of hydrogen-bond acceptors (Lipinski definition) is 7. The lowest BCUT2D eigenvalue weighted by Gasteiger charge is -2.34. The van der Waals surface area contributed by atoms with Crippen LogP contribution in [-0.2, 0) is 28.6 Å². The first-order chi connectivity index (χ1) is 23.0. The molecule has 0 amide bonds. The fourth-order valence-corrected chi connectivity index (χ4v) is 7.95. The first-order valence-electron chi connectivity index (χ1n) is 20.1. The zero-order chi connectivity index (χ0) is 35.5. The van der Waals surface area contributed by atoms with Gasteiger partial charge in [-0.25, -0.2) is 0 Å². The van der Waals surface area contributed by atoms with Crippen molar-refractivity contribution < 1.29 is 28.6 Å². The molecule has 0 saturated heterocycles. The molecular formula is C41H76O6S. The van der Waals surface area contributed by atoms with E-state index in [0.717, 1.165) is 25.7 Å². The molecule has 0 bridgehead atoms. The Morgan fingerprint density at radius 1 is 0.604 bits per heavy atom. The zero-order valence-corrected chi connectivity index (χ0v) is 33.1. The molecule has 0 aliphatic heterocycles. The molecule has 0 aromatic rings. The maximum Gasteiger partial charge on any atom is 0.316 e. The Labute approximate surface area is 300 Å². The number of rotatable bonds is 30. The summed E-state index contributed by atoms with van der Waals surface area (Å²) in [5, 5.41) is 0. The molecule has 1 fully saturated rings. The monoisotopic (exact) mass is 697 g/mol. The Balaban J connectivity index is 2.04. The molecule has 1 atom stereocenters. The largest absolute Gasteiger partial charge is 0.465 e. The first kappa shape index (κ1) is 44.8. The van der Waals surface area contributed by atoms with Crippen LogP contribution in [0.15, 0.2) is 0 Å². The minimum Gasteiger partial charge on any atom is -0.465 e. The van der Waals surface area contributed by atoms with Crippen LogP contribution in [0.5, 0.6) is 0 Å². The number of ether oxygens (including phenoxy) is 3. The molecule has 0 aromatic heterocycles. The molecule has 1 saturated carbocycles. The van der Waals surface area contributed by atoms with E-state index in [0.29, 0.717) is 24.2 Å². The maximum atomic E-state index is 12.8. The third kappa shape index (κ3) is 21.8. The van der Waals surface area contributed by atoms with Gasteiger partial charge in [0.05, 0.1) is 23.2 Å². The Kier molecular flexibility index (Phi) is 25.6. The molecule has 0 N–H and O–H groups in total. The van der Waals surface area contributed by atoms with Crippen molar-refractivity contribution in [2.75, 3.05) is 31.3 Å². The lowest BCUT2D eigenvalue weighted by molar-refractivity contribution is -0.159. The van der Waals surface area contributed by atoms with E-state index >= 15 is 0 Å². The molecule has 282 valence electrons. The van der Waals surface area contributed by atoms with Crippen LogP contribution in [0.25, 0.3) is 0 Å². The molecule has 1 aliphatic rings. The van der Waals surface area contributed by atoms with Gasteiger partial charge >= 0.3 is 17.9 Å². The molecule has 1 unspecified atom stereocenters. The van der Waals surface area contributed by atoms with Crippen LogP contribution in [0.1, 0.15) is 189 Å². The van der Waals surface area contributed by atoms with E-state index in [2.05, 4.69) is 13.8 Å². The van der Waals surface area contributed by atoms with Crippen LogP contribution in [-0.4, -0.2) is 49.2 Å². The van der Waals surface area contributed by atoms with E-state index in [1.807, 2.05) is 27.7 Å². The number of carbonyl (C=O) groups excluding carboxylic acids is 3. The summed E-state index contributed by atoms with van der Waals surface area (Å²) in [4.78, 5) is 37.7. The van der Waals surface area contributed by atoms with Crippen molar-refractivity contribution in [3.8, 4) is 0 Å². The summed E-state index contributed by atoms with van der Waals surface area (Å²) in [5.74, 6) is 1.08. The van der Waals surface area contributed by atoms with E-state index in [-0.39, 0.29) is 36.9 Å². The smallest absolute Gasteiger partial charge is 0.316 e. The van der Waals surface area contributed by atoms with Crippen molar-refractivity contribution in [2.45, 2.75) is 189 Å². The molecule has 0 spiro atoms. The summed E-state index contributed by atoms with van der Waals surface area (Å²) in [6.45, 7) is 12.7. The van der Waals surface area contributed by atoms with Gasteiger partial charge in [-0.15, -0.1) is 11.8 Å². The van der Waals surface area contributed by atoms with Gasteiger partial charge in [0.2, 0.25) is 0 Å². The van der Waals surface area contributed by atoms with Gasteiger partial charge in [-0.2, -0.15) is 0 Å². The topological polar surface area (TPSA) is 78.9 Å².